The van der Waals surface area contributed by atoms with Crippen molar-refractivity contribution in [2.75, 3.05) is 6.54 Å². The predicted octanol–water partition coefficient (Wildman–Crippen LogP) is 2.69. The van der Waals surface area contributed by atoms with Crippen molar-refractivity contribution in [3.8, 4) is 0 Å². The number of rotatable bonds is 4. The molecule has 0 aromatic heterocycles. The van der Waals surface area contributed by atoms with Gasteiger partial charge in [0.1, 0.15) is 0 Å². The molecule has 0 saturated carbocycles. The maximum atomic E-state index is 9.95. The summed E-state index contributed by atoms with van der Waals surface area (Å²) in [4.78, 5) is 13.5. The zero-order valence-electron chi connectivity index (χ0n) is 8.66. The minimum Gasteiger partial charge on any atom is -0.211 e. The largest absolute Gasteiger partial charge is 0.234 e. The summed E-state index contributed by atoms with van der Waals surface area (Å²) in [6.45, 7) is 4.71. The fourth-order valence-electron chi connectivity index (χ4n) is 1.36. The Morgan fingerprint density at radius 1 is 1.36 bits per heavy atom. The van der Waals surface area contributed by atoms with Crippen LogP contribution in [0.3, 0.4) is 0 Å². The molecule has 0 aliphatic heterocycles. The lowest BCUT2D eigenvalue weighted by Crippen LogP contribution is -1.97. The van der Waals surface area contributed by atoms with E-state index in [1.165, 1.54) is 11.1 Å². The fraction of sp³-hybridized carbons (Fsp3) is 0.417. The fourth-order valence-corrected chi connectivity index (χ4v) is 1.36. The average molecular weight is 189 g/mol. The van der Waals surface area contributed by atoms with Crippen LogP contribution in [0.5, 0.6) is 0 Å². The quantitative estimate of drug-likeness (QED) is 0.529. The first-order chi connectivity index (χ1) is 6.77. The van der Waals surface area contributed by atoms with Crippen LogP contribution in [-0.2, 0) is 11.2 Å². The average Bonchev–Trinajstić information content (AvgIpc) is 2.26. The summed E-state index contributed by atoms with van der Waals surface area (Å²) in [6, 6.07) is 8.45. The van der Waals surface area contributed by atoms with Gasteiger partial charge in [0.15, 0.2) is 0 Å². The van der Waals surface area contributed by atoms with Gasteiger partial charge in [-0.2, -0.15) is 0 Å². The predicted molar refractivity (Wildman–Crippen MR) is 57.2 cm³/mol. The Labute approximate surface area is 84.7 Å². The van der Waals surface area contributed by atoms with E-state index in [2.05, 4.69) is 43.1 Å². The first kappa shape index (κ1) is 10.7. The lowest BCUT2D eigenvalue weighted by Gasteiger charge is -2.08. The normalized spacial score (nSPS) is 11.9. The maximum Gasteiger partial charge on any atom is 0.234 e. The topological polar surface area (TPSA) is 29.4 Å². The van der Waals surface area contributed by atoms with Gasteiger partial charge >= 0.3 is 0 Å². The van der Waals surface area contributed by atoms with Crippen LogP contribution in [0.4, 0.5) is 0 Å². The van der Waals surface area contributed by atoms with Crippen LogP contribution in [0.1, 0.15) is 30.9 Å². The van der Waals surface area contributed by atoms with Crippen molar-refractivity contribution in [3.05, 3.63) is 35.4 Å². The number of benzene rings is 1. The van der Waals surface area contributed by atoms with Gasteiger partial charge in [-0.25, -0.2) is 9.79 Å². The van der Waals surface area contributed by atoms with E-state index in [0.29, 0.717) is 12.5 Å². The Kier molecular flexibility index (Phi) is 4.09. The van der Waals surface area contributed by atoms with Gasteiger partial charge in [0.05, 0.1) is 6.54 Å². The van der Waals surface area contributed by atoms with Crippen molar-refractivity contribution in [2.45, 2.75) is 26.2 Å². The van der Waals surface area contributed by atoms with E-state index >= 15 is 0 Å². The summed E-state index contributed by atoms with van der Waals surface area (Å²) < 4.78 is 0. The molecule has 0 aliphatic carbocycles. The van der Waals surface area contributed by atoms with E-state index in [-0.39, 0.29) is 0 Å². The molecule has 74 valence electrons. The molecular formula is C12H15NO. The summed E-state index contributed by atoms with van der Waals surface area (Å²) in [7, 11) is 0. The van der Waals surface area contributed by atoms with Crippen LogP contribution >= 0.6 is 0 Å². The molecule has 0 bridgehead atoms. The number of nitrogens with zero attached hydrogens (tertiary/aromatic N) is 1. The molecule has 14 heavy (non-hydrogen) atoms. The number of hydrogen-bond donors (Lipinski definition) is 0. The number of isocyanates is 1. The van der Waals surface area contributed by atoms with Gasteiger partial charge in [-0.05, 0) is 17.5 Å². The molecule has 0 N–H and O–H groups in total. The molecule has 1 aromatic rings. The summed E-state index contributed by atoms with van der Waals surface area (Å²) in [5.74, 6) is 0.294. The molecule has 0 saturated heterocycles. The number of aliphatic imine (C=N–C) groups is 1. The summed E-state index contributed by atoms with van der Waals surface area (Å²) in [5.41, 5.74) is 2.56. The molecular weight excluding hydrogens is 174 g/mol. The Balaban J connectivity index is 2.70. The highest BCUT2D eigenvalue weighted by Crippen LogP contribution is 2.16. The number of aryl methyl sites for hydroxylation is 1. The highest BCUT2D eigenvalue weighted by Gasteiger charge is 2.03. The van der Waals surface area contributed by atoms with E-state index in [9.17, 15) is 4.79 Å². The van der Waals surface area contributed by atoms with Gasteiger partial charge in [-0.15, -0.1) is 0 Å². The number of hydrogen-bond acceptors (Lipinski definition) is 2. The third-order valence-corrected chi connectivity index (χ3v) is 2.39. The van der Waals surface area contributed by atoms with Crippen LogP contribution in [0.2, 0.25) is 0 Å². The zero-order valence-corrected chi connectivity index (χ0v) is 8.66. The van der Waals surface area contributed by atoms with Crippen molar-refractivity contribution in [1.29, 1.82) is 0 Å². The van der Waals surface area contributed by atoms with Crippen molar-refractivity contribution < 1.29 is 4.79 Å². The molecule has 0 amide bonds. The molecule has 1 rings (SSSR count). The second kappa shape index (κ2) is 5.36. The Bertz CT molecular complexity index is 323. The van der Waals surface area contributed by atoms with Gasteiger partial charge in [-0.1, -0.05) is 38.1 Å². The third-order valence-electron chi connectivity index (χ3n) is 2.39. The lowest BCUT2D eigenvalue weighted by atomic mass is 9.99. The summed E-state index contributed by atoms with van der Waals surface area (Å²) in [6.07, 6.45) is 2.62. The van der Waals surface area contributed by atoms with E-state index < -0.39 is 0 Å². The minimum absolute atomic E-state index is 0.294. The smallest absolute Gasteiger partial charge is 0.211 e. The SMILES string of the molecule is CCc1ccc(C(C)CN=C=O)cc1. The first-order valence-electron chi connectivity index (χ1n) is 4.90. The zero-order chi connectivity index (χ0) is 10.4. The summed E-state index contributed by atoms with van der Waals surface area (Å²) >= 11 is 0. The number of carbonyl (C=O) groups excluding carboxylic acids is 1. The van der Waals surface area contributed by atoms with E-state index in [1.54, 1.807) is 6.08 Å². The van der Waals surface area contributed by atoms with E-state index in [1.807, 2.05) is 0 Å². The maximum absolute atomic E-state index is 9.95. The van der Waals surface area contributed by atoms with Crippen molar-refractivity contribution in [3.63, 3.8) is 0 Å². The molecule has 0 spiro atoms. The van der Waals surface area contributed by atoms with Gasteiger partial charge in [-0.3, -0.25) is 0 Å². The summed E-state index contributed by atoms with van der Waals surface area (Å²) in [5, 5.41) is 0. The molecule has 0 fully saturated rings. The lowest BCUT2D eigenvalue weighted by molar-refractivity contribution is 0.561. The molecule has 2 heteroatoms. The standard InChI is InChI=1S/C12H15NO/c1-3-11-4-6-12(7-5-11)10(2)8-13-9-14/h4-7,10H,3,8H2,1-2H3. The first-order valence-corrected chi connectivity index (χ1v) is 4.90. The van der Waals surface area contributed by atoms with Crippen LogP contribution in [0.25, 0.3) is 0 Å². The molecule has 0 radical (unpaired) electrons. The van der Waals surface area contributed by atoms with E-state index in [4.69, 9.17) is 0 Å². The second-order valence-electron chi connectivity index (χ2n) is 3.43. The van der Waals surface area contributed by atoms with Crippen LogP contribution in [0.15, 0.2) is 29.3 Å². The Hall–Kier alpha value is -1.40. The van der Waals surface area contributed by atoms with Gasteiger partial charge in [0, 0.05) is 5.92 Å². The van der Waals surface area contributed by atoms with Gasteiger partial charge in [0.25, 0.3) is 0 Å². The molecule has 0 aliphatic rings. The van der Waals surface area contributed by atoms with Crippen molar-refractivity contribution >= 4 is 6.08 Å². The van der Waals surface area contributed by atoms with Crippen molar-refractivity contribution in [2.24, 2.45) is 4.99 Å². The minimum atomic E-state index is 0.294. The van der Waals surface area contributed by atoms with Crippen LogP contribution in [0, 0.1) is 0 Å². The van der Waals surface area contributed by atoms with Gasteiger partial charge < -0.3 is 0 Å². The Morgan fingerprint density at radius 3 is 2.50 bits per heavy atom. The monoisotopic (exact) mass is 189 g/mol. The van der Waals surface area contributed by atoms with Crippen LogP contribution < -0.4 is 0 Å². The van der Waals surface area contributed by atoms with Crippen molar-refractivity contribution in [1.82, 2.24) is 0 Å². The second-order valence-corrected chi connectivity index (χ2v) is 3.43. The molecule has 1 aromatic carbocycles. The van der Waals surface area contributed by atoms with Crippen LogP contribution in [-0.4, -0.2) is 12.6 Å². The Morgan fingerprint density at radius 2 is 2.00 bits per heavy atom. The molecule has 1 unspecified atom stereocenters. The van der Waals surface area contributed by atoms with E-state index in [0.717, 1.165) is 6.42 Å². The highest BCUT2D eigenvalue weighted by molar-refractivity contribution is 5.33. The molecule has 2 nitrogen and oxygen atoms in total. The molecule has 0 heterocycles. The third kappa shape index (κ3) is 2.82. The highest BCUT2D eigenvalue weighted by atomic mass is 16.1. The van der Waals surface area contributed by atoms with Gasteiger partial charge in [0.2, 0.25) is 6.08 Å². The molecule has 1 atom stereocenters.